The molecule has 0 radical (unpaired) electrons. The van der Waals surface area contributed by atoms with Crippen LogP contribution >= 0.6 is 0 Å². The first-order chi connectivity index (χ1) is 9.34. The van der Waals surface area contributed by atoms with E-state index in [1.54, 1.807) is 0 Å². The number of hydrogen-bond donors (Lipinski definition) is 3. The fourth-order valence-electron chi connectivity index (χ4n) is 1.42. The Bertz CT molecular complexity index is 604. The summed E-state index contributed by atoms with van der Waals surface area (Å²) in [5.74, 6) is -1.67. The number of carboxylic acid groups (broad SMARTS) is 1. The molecule has 1 atom stereocenters. The lowest BCUT2D eigenvalue weighted by atomic mass is 10.2. The van der Waals surface area contributed by atoms with Gasteiger partial charge in [0.2, 0.25) is 10.0 Å². The maximum Gasteiger partial charge on any atom is 0.332 e. The van der Waals surface area contributed by atoms with E-state index < -0.39 is 22.1 Å². The molecule has 0 aliphatic carbocycles. The average Bonchev–Trinajstić information content (AvgIpc) is 2.38. The van der Waals surface area contributed by atoms with Gasteiger partial charge in [0.25, 0.3) is 0 Å². The molecule has 1 rings (SSSR count). The molecule has 0 fully saturated rings. The summed E-state index contributed by atoms with van der Waals surface area (Å²) in [5, 5.41) is 26.1. The largest absolute Gasteiger partial charge is 0.479 e. The minimum atomic E-state index is -3.61. The van der Waals surface area contributed by atoms with E-state index in [0.717, 1.165) is 0 Å². The highest BCUT2D eigenvalue weighted by Crippen LogP contribution is 2.07. The first kappa shape index (κ1) is 16.1. The van der Waals surface area contributed by atoms with Gasteiger partial charge in [-0.1, -0.05) is 12.1 Å². The Hall–Kier alpha value is -1.95. The third kappa shape index (κ3) is 5.36. The van der Waals surface area contributed by atoms with Crippen LogP contribution in [-0.2, 0) is 20.6 Å². The highest BCUT2D eigenvalue weighted by molar-refractivity contribution is 7.88. The van der Waals surface area contributed by atoms with E-state index in [1.807, 2.05) is 6.07 Å². The van der Waals surface area contributed by atoms with Gasteiger partial charge in [0.1, 0.15) is 0 Å². The first-order valence-corrected chi connectivity index (χ1v) is 7.36. The highest BCUT2D eigenvalue weighted by Gasteiger charge is 2.15. The maximum atomic E-state index is 11.7. The van der Waals surface area contributed by atoms with Crippen molar-refractivity contribution in [3.8, 4) is 6.07 Å². The predicted molar refractivity (Wildman–Crippen MR) is 70.0 cm³/mol. The van der Waals surface area contributed by atoms with Gasteiger partial charge in [-0.25, -0.2) is 17.9 Å². The fraction of sp³-hybridized carbons (Fsp3) is 0.333. The molecule has 0 aliphatic rings. The molecule has 0 aromatic heterocycles. The Morgan fingerprint density at radius 3 is 2.45 bits per heavy atom. The van der Waals surface area contributed by atoms with Crippen molar-refractivity contribution >= 4 is 16.0 Å². The second-order valence-electron chi connectivity index (χ2n) is 4.10. The van der Waals surface area contributed by atoms with Gasteiger partial charge < -0.3 is 10.2 Å². The van der Waals surface area contributed by atoms with Crippen LogP contribution in [-0.4, -0.2) is 37.2 Å². The molecule has 0 bridgehead atoms. The number of carbonyl (C=O) groups is 1. The molecule has 0 aliphatic heterocycles. The van der Waals surface area contributed by atoms with Crippen LogP contribution in [0.2, 0.25) is 0 Å². The number of hydrogen-bond acceptors (Lipinski definition) is 5. The quantitative estimate of drug-likeness (QED) is 0.640. The van der Waals surface area contributed by atoms with Crippen molar-refractivity contribution in [3.63, 3.8) is 0 Å². The molecule has 0 heterocycles. The molecule has 1 aromatic rings. The molecular formula is C12H14N2O5S. The van der Waals surface area contributed by atoms with Gasteiger partial charge in [-0.3, -0.25) is 0 Å². The molecular weight excluding hydrogens is 284 g/mol. The topological polar surface area (TPSA) is 127 Å². The number of nitrogens with zero attached hydrogens (tertiary/aromatic N) is 1. The molecule has 7 nitrogen and oxygen atoms in total. The van der Waals surface area contributed by atoms with Crippen molar-refractivity contribution in [2.75, 3.05) is 6.54 Å². The van der Waals surface area contributed by atoms with Gasteiger partial charge >= 0.3 is 5.97 Å². The van der Waals surface area contributed by atoms with Crippen LogP contribution in [0.25, 0.3) is 0 Å². The molecule has 0 amide bonds. The number of aliphatic hydroxyl groups excluding tert-OH is 1. The lowest BCUT2D eigenvalue weighted by molar-refractivity contribution is -0.146. The smallest absolute Gasteiger partial charge is 0.332 e. The normalized spacial score (nSPS) is 12.6. The zero-order valence-corrected chi connectivity index (χ0v) is 11.3. The van der Waals surface area contributed by atoms with E-state index in [4.69, 9.17) is 15.5 Å². The number of benzene rings is 1. The Morgan fingerprint density at radius 1 is 1.35 bits per heavy atom. The van der Waals surface area contributed by atoms with Gasteiger partial charge in [-0.15, -0.1) is 0 Å². The second-order valence-corrected chi connectivity index (χ2v) is 5.91. The third-order valence-electron chi connectivity index (χ3n) is 2.46. The Labute approximate surface area is 116 Å². The number of carboxylic acids is 1. The maximum absolute atomic E-state index is 11.7. The number of sulfonamides is 1. The number of nitrogens with one attached hydrogen (secondary N) is 1. The van der Waals surface area contributed by atoms with E-state index in [-0.39, 0.29) is 18.7 Å². The molecule has 0 spiro atoms. The summed E-state index contributed by atoms with van der Waals surface area (Å²) >= 11 is 0. The second kappa shape index (κ2) is 7.00. The summed E-state index contributed by atoms with van der Waals surface area (Å²) in [6.07, 6.45) is -1.80. The van der Waals surface area contributed by atoms with Gasteiger partial charge in [0.05, 0.1) is 17.4 Å². The number of aliphatic hydroxyl groups is 1. The zero-order chi connectivity index (χ0) is 15.2. The van der Waals surface area contributed by atoms with Crippen molar-refractivity contribution in [2.24, 2.45) is 0 Å². The van der Waals surface area contributed by atoms with Gasteiger partial charge in [0.15, 0.2) is 6.10 Å². The van der Waals surface area contributed by atoms with Crippen molar-refractivity contribution in [3.05, 3.63) is 35.4 Å². The van der Waals surface area contributed by atoms with Gasteiger partial charge in [-0.05, 0) is 24.1 Å². The number of nitriles is 1. The molecule has 0 saturated carbocycles. The van der Waals surface area contributed by atoms with E-state index in [9.17, 15) is 13.2 Å². The van der Waals surface area contributed by atoms with Crippen LogP contribution in [0.15, 0.2) is 24.3 Å². The van der Waals surface area contributed by atoms with E-state index in [2.05, 4.69) is 4.72 Å². The van der Waals surface area contributed by atoms with Crippen LogP contribution in [0.1, 0.15) is 17.5 Å². The van der Waals surface area contributed by atoms with Crippen LogP contribution < -0.4 is 4.72 Å². The molecule has 108 valence electrons. The summed E-state index contributed by atoms with van der Waals surface area (Å²) < 4.78 is 25.6. The summed E-state index contributed by atoms with van der Waals surface area (Å²) in [4.78, 5) is 10.4. The highest BCUT2D eigenvalue weighted by atomic mass is 32.2. The Balaban J connectivity index is 2.53. The zero-order valence-electron chi connectivity index (χ0n) is 10.5. The minimum Gasteiger partial charge on any atom is -0.479 e. The number of aliphatic carboxylic acids is 1. The summed E-state index contributed by atoms with van der Waals surface area (Å²) in [6.45, 7) is -0.161. The number of rotatable bonds is 7. The van der Waals surface area contributed by atoms with Crippen LogP contribution in [0.5, 0.6) is 0 Å². The van der Waals surface area contributed by atoms with Gasteiger partial charge in [0, 0.05) is 6.54 Å². The molecule has 20 heavy (non-hydrogen) atoms. The van der Waals surface area contributed by atoms with E-state index >= 15 is 0 Å². The molecule has 8 heteroatoms. The third-order valence-corrected chi connectivity index (χ3v) is 3.82. The first-order valence-electron chi connectivity index (χ1n) is 5.71. The lowest BCUT2D eigenvalue weighted by Gasteiger charge is -2.08. The SMILES string of the molecule is N#Cc1ccc(CS(=O)(=O)NCC[C@H](O)C(=O)O)cc1. The van der Waals surface area contributed by atoms with Gasteiger partial charge in [-0.2, -0.15) is 5.26 Å². The van der Waals surface area contributed by atoms with Crippen LogP contribution in [0.3, 0.4) is 0 Å². The fourth-order valence-corrected chi connectivity index (χ4v) is 2.58. The monoisotopic (exact) mass is 298 g/mol. The van der Waals surface area contributed by atoms with E-state index in [0.29, 0.717) is 11.1 Å². The van der Waals surface area contributed by atoms with Crippen LogP contribution in [0, 0.1) is 11.3 Å². The Kier molecular flexibility index (Phi) is 5.64. The minimum absolute atomic E-state index is 0.161. The van der Waals surface area contributed by atoms with E-state index in [1.165, 1.54) is 24.3 Å². The van der Waals surface area contributed by atoms with Crippen molar-refractivity contribution in [2.45, 2.75) is 18.3 Å². The summed E-state index contributed by atoms with van der Waals surface area (Å²) in [6, 6.07) is 8.01. The Morgan fingerprint density at radius 2 is 1.95 bits per heavy atom. The summed E-state index contributed by atoms with van der Waals surface area (Å²) in [7, 11) is -3.61. The van der Waals surface area contributed by atoms with Crippen molar-refractivity contribution < 1.29 is 23.4 Å². The standard InChI is InChI=1S/C12H14N2O5S/c13-7-9-1-3-10(4-2-9)8-20(18,19)14-6-5-11(15)12(16)17/h1-4,11,14-15H,5-6,8H2,(H,16,17)/t11-/m0/s1. The average molecular weight is 298 g/mol. The summed E-state index contributed by atoms with van der Waals surface area (Å²) in [5.41, 5.74) is 0.943. The van der Waals surface area contributed by atoms with Crippen molar-refractivity contribution in [1.82, 2.24) is 4.72 Å². The predicted octanol–water partition coefficient (Wildman–Crippen LogP) is -0.187. The molecule has 1 aromatic carbocycles. The molecule has 3 N–H and O–H groups in total. The van der Waals surface area contributed by atoms with Crippen molar-refractivity contribution in [1.29, 1.82) is 5.26 Å². The molecule has 0 saturated heterocycles. The molecule has 0 unspecified atom stereocenters. The van der Waals surface area contributed by atoms with Crippen LogP contribution in [0.4, 0.5) is 0 Å². The lowest BCUT2D eigenvalue weighted by Crippen LogP contribution is -2.30.